The number of para-hydroxylation sites is 2. The average molecular weight is 1050 g/mol. The van der Waals surface area contributed by atoms with E-state index < -0.39 is 95.2 Å². The van der Waals surface area contributed by atoms with Gasteiger partial charge in [-0.2, -0.15) is 0 Å². The Labute approximate surface area is 452 Å². The van der Waals surface area contributed by atoms with Crippen molar-refractivity contribution in [3.05, 3.63) is 142 Å². The molecule has 1 unspecified atom stereocenters. The smallest absolute Gasteiger partial charge is 0.315 e. The van der Waals surface area contributed by atoms with Gasteiger partial charge in [-0.3, -0.25) is 33.9 Å². The molecule has 15 heteroatoms. The summed E-state index contributed by atoms with van der Waals surface area (Å²) in [6.07, 6.45) is 7.64. The summed E-state index contributed by atoms with van der Waals surface area (Å²) >= 11 is 0. The van der Waals surface area contributed by atoms with Crippen LogP contribution in [0.25, 0.3) is 0 Å². The van der Waals surface area contributed by atoms with Crippen molar-refractivity contribution in [3.8, 4) is 11.5 Å². The summed E-state index contributed by atoms with van der Waals surface area (Å²) in [6, 6.07) is 17.9. The number of aliphatic hydroxyl groups excluding tert-OH is 2. The van der Waals surface area contributed by atoms with Gasteiger partial charge in [0, 0.05) is 77.3 Å². The molecule has 4 heterocycles. The molecule has 3 aromatic carbocycles. The number of allylic oxidation sites excluding steroid dienone is 7. The molecule has 4 aliphatic heterocycles. The fraction of sp³-hybridized carbons (Fsp3) is 0.452. The van der Waals surface area contributed by atoms with Crippen LogP contribution in [0.5, 0.6) is 11.5 Å². The highest BCUT2D eigenvalue weighted by atomic mass is 16.7. The van der Waals surface area contributed by atoms with Crippen molar-refractivity contribution < 1.29 is 53.5 Å². The number of benzene rings is 3. The molecule has 0 fully saturated rings. The molecular weight excluding hydrogens is 977 g/mol. The summed E-state index contributed by atoms with van der Waals surface area (Å²) in [4.78, 5) is 81.7. The number of fused-ring (bicyclic) bond motifs is 14. The largest absolute Gasteiger partial charge is 0.507 e. The third kappa shape index (κ3) is 11.7. The number of hydrogen-bond donors (Lipinski definition) is 4. The highest BCUT2D eigenvalue weighted by Crippen LogP contribution is 2.52. The van der Waals surface area contributed by atoms with Gasteiger partial charge in [0.2, 0.25) is 11.7 Å². The molecule has 4 N–H and O–H groups in total. The summed E-state index contributed by atoms with van der Waals surface area (Å²) in [5.41, 5.74) is 3.24. The number of amides is 2. The number of Topliss-reactive ketones (excluding diaryl/α,β-unsaturated/α-hetero) is 2. The third-order valence-corrected chi connectivity index (χ3v) is 15.9. The fourth-order valence-electron chi connectivity index (χ4n) is 11.2. The number of ketones is 2. The van der Waals surface area contributed by atoms with Gasteiger partial charge in [0.05, 0.1) is 47.6 Å². The number of rotatable bonds is 7. The van der Waals surface area contributed by atoms with Gasteiger partial charge >= 0.3 is 11.8 Å². The van der Waals surface area contributed by atoms with Crippen LogP contribution in [-0.4, -0.2) is 106 Å². The number of nitrogens with zero attached hydrogens (tertiary/aromatic N) is 3. The predicted octanol–water partition coefficient (Wildman–Crippen LogP) is 9.27. The quantitative estimate of drug-likeness (QED) is 0.0993. The number of phenols is 1. The zero-order valence-electron chi connectivity index (χ0n) is 45.9. The minimum atomic E-state index is -1.99. The zero-order valence-corrected chi connectivity index (χ0v) is 45.9. The second kappa shape index (κ2) is 23.3. The van der Waals surface area contributed by atoms with Crippen LogP contribution in [0, 0.1) is 48.3 Å². The van der Waals surface area contributed by atoms with Crippen LogP contribution in [0.3, 0.4) is 0 Å². The first-order valence-corrected chi connectivity index (χ1v) is 27.0. The van der Waals surface area contributed by atoms with E-state index in [1.54, 1.807) is 107 Å². The van der Waals surface area contributed by atoms with Gasteiger partial charge in [-0.1, -0.05) is 115 Å². The SMILES string of the molecule is C/C1=C/C=C/[C@H](C)[C@H](O)[C@@H](C)[C@@H](O)[C@@H](C)[C@H](OC(=O)CC(=O)N(c2ccccc2)c2ccccc2)[C@H](C)[C@@H](C)/C=C/O[C@@]2(C)Oc3c(C)c(O)c4c(c3C2=O)/C2=N/CCN(CC(C)C)CCCC3=CC3C2=C(NC1=O)C4=O. The Bertz CT molecular complexity index is 2940. The van der Waals surface area contributed by atoms with E-state index in [0.717, 1.165) is 31.5 Å². The van der Waals surface area contributed by atoms with Crippen molar-refractivity contribution in [2.24, 2.45) is 46.4 Å². The third-order valence-electron chi connectivity index (χ3n) is 15.9. The van der Waals surface area contributed by atoms with Crippen molar-refractivity contribution in [1.29, 1.82) is 0 Å². The summed E-state index contributed by atoms with van der Waals surface area (Å²) in [5, 5.41) is 38.8. The van der Waals surface area contributed by atoms with Crippen molar-refractivity contribution in [1.82, 2.24) is 10.2 Å². The molecule has 5 bridgehead atoms. The molecule has 9 rings (SSSR count). The Balaban J connectivity index is 1.18. The van der Waals surface area contributed by atoms with Crippen molar-refractivity contribution in [2.45, 2.75) is 113 Å². The lowest BCUT2D eigenvalue weighted by Gasteiger charge is -2.38. The lowest BCUT2D eigenvalue weighted by atomic mass is 9.77. The van der Waals surface area contributed by atoms with Crippen LogP contribution in [-0.2, 0) is 23.9 Å². The maximum Gasteiger partial charge on any atom is 0.315 e. The first-order valence-electron chi connectivity index (χ1n) is 27.0. The summed E-state index contributed by atoms with van der Waals surface area (Å²) in [5.74, 6) is -8.69. The molecule has 0 saturated heterocycles. The normalized spacial score (nSPS) is 30.4. The molecule has 3 aromatic rings. The molecule has 408 valence electrons. The average Bonchev–Trinajstić information content (AvgIpc) is 4.26. The van der Waals surface area contributed by atoms with Gasteiger partial charge in [-0.25, -0.2) is 0 Å². The van der Waals surface area contributed by atoms with Crippen LogP contribution in [0.15, 0.2) is 125 Å². The van der Waals surface area contributed by atoms with Crippen molar-refractivity contribution in [2.75, 3.05) is 31.1 Å². The van der Waals surface area contributed by atoms with E-state index in [1.807, 2.05) is 26.0 Å². The van der Waals surface area contributed by atoms with E-state index in [4.69, 9.17) is 19.2 Å². The molecule has 15 nitrogen and oxygen atoms in total. The molecule has 10 atom stereocenters. The number of carbonyl (C=O) groups is 5. The second-order valence-corrected chi connectivity index (χ2v) is 22.1. The molecule has 2 aliphatic carbocycles. The van der Waals surface area contributed by atoms with E-state index in [9.17, 15) is 29.7 Å². The molecule has 0 aromatic heterocycles. The molecular formula is C62H74N4O11. The first-order chi connectivity index (χ1) is 36.6. The van der Waals surface area contributed by atoms with Crippen LogP contribution < -0.4 is 15.0 Å². The maximum atomic E-state index is 15.1. The molecule has 0 spiro atoms. The summed E-state index contributed by atoms with van der Waals surface area (Å²) in [6.45, 7) is 20.4. The molecule has 0 saturated carbocycles. The number of anilines is 2. The van der Waals surface area contributed by atoms with E-state index in [2.05, 4.69) is 30.1 Å². The Hall–Kier alpha value is -6.94. The van der Waals surface area contributed by atoms with E-state index >= 15 is 9.59 Å². The molecule has 77 heavy (non-hydrogen) atoms. The second-order valence-electron chi connectivity index (χ2n) is 22.1. The summed E-state index contributed by atoms with van der Waals surface area (Å²) < 4.78 is 19.0. The van der Waals surface area contributed by atoms with Crippen LogP contribution in [0.4, 0.5) is 11.4 Å². The van der Waals surface area contributed by atoms with Gasteiger partial charge in [-0.15, -0.1) is 0 Å². The molecule has 0 radical (unpaired) electrons. The standard InChI is InChI=1S/C62H74N4O11/c1-34(2)33-65-28-18-21-42-31-45(42)48-52(63-27-29-65)49-50-56(71)41(9)59-51(49)60(73)62(10,77-59)75-30-26-35(3)38(6)58(76-47(68)32-46(67)66(43-22-13-11-14-23-43)44-24-15-12-16-25-44)40(8)55(70)39(7)54(69)36(4)19-17-20-37(5)61(74)64-53(48)57(50)72/h11-17,19-20,22-26,30-31,34-36,38-40,45,54-55,58,69-71H,18,21,27-29,32-33H2,1-10H3,(H,64,74)/b19-17+,30-26+,37-20-,63-52+/t35-,36-,38+,39+,40+,45?,54-,55+,58+,62-/m0/s1. The highest BCUT2D eigenvalue weighted by Gasteiger charge is 2.53. The van der Waals surface area contributed by atoms with Gasteiger partial charge in [0.1, 0.15) is 24.0 Å². The van der Waals surface area contributed by atoms with E-state index in [-0.39, 0.29) is 45.2 Å². The van der Waals surface area contributed by atoms with Gasteiger partial charge in [0.25, 0.3) is 11.7 Å². The van der Waals surface area contributed by atoms with Gasteiger partial charge < -0.3 is 39.7 Å². The Morgan fingerprint density at radius 2 is 1.53 bits per heavy atom. The van der Waals surface area contributed by atoms with Crippen molar-refractivity contribution >= 4 is 46.4 Å². The minimum Gasteiger partial charge on any atom is -0.507 e. The highest BCUT2D eigenvalue weighted by molar-refractivity contribution is 6.34. The van der Waals surface area contributed by atoms with E-state index in [0.29, 0.717) is 41.7 Å². The topological polar surface area (TPSA) is 205 Å². The maximum absolute atomic E-state index is 15.1. The Morgan fingerprint density at radius 3 is 2.18 bits per heavy atom. The molecule has 2 amide bonds. The molecule has 6 aliphatic rings. The van der Waals surface area contributed by atoms with Crippen LogP contribution in [0.2, 0.25) is 0 Å². The monoisotopic (exact) mass is 1050 g/mol. The lowest BCUT2D eigenvalue weighted by molar-refractivity contribution is -0.162. The number of nitrogens with one attached hydrogen (secondary N) is 1. The van der Waals surface area contributed by atoms with Crippen LogP contribution in [0.1, 0.15) is 113 Å². The Morgan fingerprint density at radius 1 is 0.870 bits per heavy atom. The predicted molar refractivity (Wildman–Crippen MR) is 295 cm³/mol. The van der Waals surface area contributed by atoms with Gasteiger partial charge in [-0.05, 0) is 81.3 Å². The van der Waals surface area contributed by atoms with E-state index in [1.165, 1.54) is 18.1 Å². The number of esters is 1. The number of aliphatic imine (C=N–C) groups is 1. The number of carbonyl (C=O) groups excluding carboxylic acids is 5. The number of aliphatic hydroxyl groups is 2. The first kappa shape index (κ1) is 56.3. The van der Waals surface area contributed by atoms with Gasteiger partial charge in [0.15, 0.2) is 0 Å². The number of aromatic hydroxyl groups is 1. The van der Waals surface area contributed by atoms with Crippen LogP contribution >= 0.6 is 0 Å². The fourth-order valence-corrected chi connectivity index (χ4v) is 11.2. The van der Waals surface area contributed by atoms with Crippen molar-refractivity contribution in [3.63, 3.8) is 0 Å². The number of ether oxygens (including phenoxy) is 3. The zero-order chi connectivity index (χ0) is 55.6. The lowest BCUT2D eigenvalue weighted by Crippen LogP contribution is -2.45. The minimum absolute atomic E-state index is 0.0298. The number of hydrogen-bond acceptors (Lipinski definition) is 13. The summed E-state index contributed by atoms with van der Waals surface area (Å²) in [7, 11) is 0. The number of phenolic OH excluding ortho intramolecular Hbond substituents is 1. The Kier molecular flexibility index (Phi) is 17.1.